The van der Waals surface area contributed by atoms with Crippen LogP contribution in [-0.4, -0.2) is 42.5 Å². The predicted octanol–water partition coefficient (Wildman–Crippen LogP) is 5.21. The van der Waals surface area contributed by atoms with E-state index < -0.39 is 0 Å². The standard InChI is InChI=1S/C27H39N3O2/c1-27-16-19-13-20(17-27)15-21(14-19)25(27)29(26(32)28-2)18-24(31)30(22-9-5-3-6-10-22)23-11-7-4-8-12-23/h3,5-6,9-10,19-21,23,25H,4,7-8,11-18H2,1-2H3,(H,28,32). The Bertz CT molecular complexity index is 821. The number of carbonyl (C=O) groups excluding carboxylic acids is 2. The van der Waals surface area contributed by atoms with Crippen molar-refractivity contribution in [2.24, 2.45) is 23.2 Å². The Morgan fingerprint density at radius 2 is 1.66 bits per heavy atom. The second-order valence-corrected chi connectivity index (χ2v) is 11.3. The normalized spacial score (nSPS) is 33.7. The summed E-state index contributed by atoms with van der Waals surface area (Å²) < 4.78 is 0. The monoisotopic (exact) mass is 437 g/mol. The second kappa shape index (κ2) is 8.72. The van der Waals surface area contributed by atoms with Gasteiger partial charge in [0.15, 0.2) is 0 Å². The summed E-state index contributed by atoms with van der Waals surface area (Å²) in [5, 5.41) is 2.87. The number of urea groups is 1. The molecule has 0 spiro atoms. The molecule has 5 fully saturated rings. The van der Waals surface area contributed by atoms with Gasteiger partial charge in [-0.15, -0.1) is 0 Å². The van der Waals surface area contributed by atoms with Crippen molar-refractivity contribution < 1.29 is 9.59 Å². The number of hydrogen-bond donors (Lipinski definition) is 1. The van der Waals surface area contributed by atoms with E-state index in [9.17, 15) is 9.59 Å². The van der Waals surface area contributed by atoms with E-state index in [1.807, 2.05) is 40.1 Å². The summed E-state index contributed by atoms with van der Waals surface area (Å²) >= 11 is 0. The fourth-order valence-electron chi connectivity index (χ4n) is 8.20. The lowest BCUT2D eigenvalue weighted by Crippen LogP contribution is -2.65. The molecule has 5 saturated carbocycles. The highest BCUT2D eigenvalue weighted by molar-refractivity contribution is 5.97. The van der Waals surface area contributed by atoms with Gasteiger partial charge in [0.05, 0.1) is 0 Å². The number of anilines is 1. The molecule has 0 heterocycles. The Morgan fingerprint density at radius 1 is 1.00 bits per heavy atom. The average molecular weight is 438 g/mol. The maximum absolute atomic E-state index is 13.9. The van der Waals surface area contributed by atoms with E-state index in [0.717, 1.165) is 30.4 Å². The molecule has 4 bridgehead atoms. The lowest BCUT2D eigenvalue weighted by atomic mass is 9.47. The van der Waals surface area contributed by atoms with Gasteiger partial charge in [0.25, 0.3) is 0 Å². The highest BCUT2D eigenvalue weighted by Gasteiger charge is 2.57. The number of hydrogen-bond acceptors (Lipinski definition) is 2. The Kier molecular flexibility index (Phi) is 5.94. The first-order valence-electron chi connectivity index (χ1n) is 12.8. The van der Waals surface area contributed by atoms with Crippen LogP contribution in [0.25, 0.3) is 0 Å². The third kappa shape index (κ3) is 3.92. The molecule has 1 aromatic rings. The van der Waals surface area contributed by atoms with Gasteiger partial charge >= 0.3 is 6.03 Å². The van der Waals surface area contributed by atoms with Crippen LogP contribution in [0.4, 0.5) is 10.5 Å². The molecule has 5 aliphatic carbocycles. The van der Waals surface area contributed by atoms with Crippen molar-refractivity contribution in [3.8, 4) is 0 Å². The van der Waals surface area contributed by atoms with Gasteiger partial charge < -0.3 is 15.1 Å². The molecule has 5 aliphatic rings. The van der Waals surface area contributed by atoms with Gasteiger partial charge in [0.2, 0.25) is 5.91 Å². The van der Waals surface area contributed by atoms with Crippen molar-refractivity contribution in [1.29, 1.82) is 0 Å². The van der Waals surface area contributed by atoms with Gasteiger partial charge in [0.1, 0.15) is 6.54 Å². The molecule has 6 rings (SSSR count). The molecule has 0 saturated heterocycles. The van der Waals surface area contributed by atoms with Gasteiger partial charge in [-0.05, 0) is 80.2 Å². The van der Waals surface area contributed by atoms with E-state index in [1.165, 1.54) is 51.4 Å². The Labute approximate surface area is 192 Å². The van der Waals surface area contributed by atoms with Crippen LogP contribution in [0.15, 0.2) is 30.3 Å². The number of amides is 3. The maximum Gasteiger partial charge on any atom is 0.317 e. The lowest BCUT2D eigenvalue weighted by molar-refractivity contribution is -0.128. The number of nitrogens with zero attached hydrogens (tertiary/aromatic N) is 2. The van der Waals surface area contributed by atoms with E-state index in [2.05, 4.69) is 12.2 Å². The van der Waals surface area contributed by atoms with Gasteiger partial charge in [-0.2, -0.15) is 0 Å². The summed E-state index contributed by atoms with van der Waals surface area (Å²) in [6.45, 7) is 2.57. The molecular weight excluding hydrogens is 398 g/mol. The second-order valence-electron chi connectivity index (χ2n) is 11.3. The van der Waals surface area contributed by atoms with E-state index in [1.54, 1.807) is 7.05 Å². The van der Waals surface area contributed by atoms with Crippen molar-refractivity contribution in [2.75, 3.05) is 18.5 Å². The maximum atomic E-state index is 13.9. The summed E-state index contributed by atoms with van der Waals surface area (Å²) in [5.74, 6) is 2.25. The number of carbonyl (C=O) groups is 2. The smallest absolute Gasteiger partial charge is 0.317 e. The SMILES string of the molecule is CNC(=O)N(CC(=O)N(c1ccccc1)C1CCCCC1)C1C2CC3CC(C2)CC1(C)C3. The summed E-state index contributed by atoms with van der Waals surface area (Å²) in [7, 11) is 1.70. The van der Waals surface area contributed by atoms with Crippen LogP contribution in [0.2, 0.25) is 0 Å². The van der Waals surface area contributed by atoms with Crippen LogP contribution in [-0.2, 0) is 4.79 Å². The van der Waals surface area contributed by atoms with Crippen LogP contribution in [0, 0.1) is 23.2 Å². The Morgan fingerprint density at radius 3 is 2.25 bits per heavy atom. The van der Waals surface area contributed by atoms with Gasteiger partial charge in [0, 0.05) is 24.8 Å². The molecule has 5 heteroatoms. The van der Waals surface area contributed by atoms with Crippen LogP contribution in [0.5, 0.6) is 0 Å². The quantitative estimate of drug-likeness (QED) is 0.688. The van der Waals surface area contributed by atoms with Crippen molar-refractivity contribution in [2.45, 2.75) is 83.2 Å². The van der Waals surface area contributed by atoms with E-state index in [-0.39, 0.29) is 36.0 Å². The summed E-state index contributed by atoms with van der Waals surface area (Å²) in [4.78, 5) is 31.1. The minimum absolute atomic E-state index is 0.0732. The molecule has 1 N–H and O–H groups in total. The summed E-state index contributed by atoms with van der Waals surface area (Å²) in [6.07, 6.45) is 11.9. The first kappa shape index (κ1) is 21.8. The number of nitrogens with one attached hydrogen (secondary N) is 1. The molecule has 32 heavy (non-hydrogen) atoms. The zero-order chi connectivity index (χ0) is 22.3. The number of benzene rings is 1. The van der Waals surface area contributed by atoms with Crippen molar-refractivity contribution in [1.82, 2.24) is 10.2 Å². The molecule has 3 amide bonds. The molecule has 3 unspecified atom stereocenters. The molecular formula is C27H39N3O2. The molecule has 174 valence electrons. The lowest BCUT2D eigenvalue weighted by Gasteiger charge is -2.62. The Hall–Kier alpha value is -2.04. The molecule has 0 aliphatic heterocycles. The largest absolute Gasteiger partial charge is 0.341 e. The van der Waals surface area contributed by atoms with Crippen molar-refractivity contribution in [3.05, 3.63) is 30.3 Å². The van der Waals surface area contributed by atoms with Crippen molar-refractivity contribution >= 4 is 17.6 Å². The highest BCUT2D eigenvalue weighted by atomic mass is 16.2. The molecule has 1 aromatic carbocycles. The molecule has 5 nitrogen and oxygen atoms in total. The number of rotatable bonds is 5. The predicted molar refractivity (Wildman–Crippen MR) is 127 cm³/mol. The van der Waals surface area contributed by atoms with Gasteiger partial charge in [-0.25, -0.2) is 4.79 Å². The van der Waals surface area contributed by atoms with Gasteiger partial charge in [-0.1, -0.05) is 44.4 Å². The van der Waals surface area contributed by atoms with E-state index >= 15 is 0 Å². The van der Waals surface area contributed by atoms with Crippen LogP contribution < -0.4 is 10.2 Å². The fraction of sp³-hybridized carbons (Fsp3) is 0.704. The van der Waals surface area contributed by atoms with Crippen LogP contribution in [0.1, 0.15) is 71.1 Å². The summed E-state index contributed by atoms with van der Waals surface area (Å²) in [6, 6.07) is 10.4. The molecule has 3 atom stereocenters. The highest BCUT2D eigenvalue weighted by Crippen LogP contribution is 2.61. The third-order valence-electron chi connectivity index (χ3n) is 8.97. The minimum atomic E-state index is -0.0892. The first-order chi connectivity index (χ1) is 15.5. The fourth-order valence-corrected chi connectivity index (χ4v) is 8.20. The minimum Gasteiger partial charge on any atom is -0.341 e. The number of para-hydroxylation sites is 1. The molecule has 0 radical (unpaired) electrons. The van der Waals surface area contributed by atoms with Crippen LogP contribution in [0.3, 0.4) is 0 Å². The van der Waals surface area contributed by atoms with E-state index in [0.29, 0.717) is 5.92 Å². The summed E-state index contributed by atoms with van der Waals surface area (Å²) in [5.41, 5.74) is 1.11. The van der Waals surface area contributed by atoms with Gasteiger partial charge in [-0.3, -0.25) is 4.79 Å². The van der Waals surface area contributed by atoms with Crippen molar-refractivity contribution in [3.63, 3.8) is 0 Å². The zero-order valence-electron chi connectivity index (χ0n) is 19.8. The molecule has 0 aromatic heterocycles. The average Bonchev–Trinajstić information content (AvgIpc) is 2.78. The zero-order valence-corrected chi connectivity index (χ0v) is 19.8. The Balaban J connectivity index is 1.43. The third-order valence-corrected chi connectivity index (χ3v) is 8.97. The first-order valence-corrected chi connectivity index (χ1v) is 12.8. The van der Waals surface area contributed by atoms with E-state index in [4.69, 9.17) is 0 Å². The van der Waals surface area contributed by atoms with Crippen LogP contribution >= 0.6 is 0 Å². The topological polar surface area (TPSA) is 52.7 Å².